The van der Waals surface area contributed by atoms with Gasteiger partial charge in [-0.25, -0.2) is 4.68 Å². The summed E-state index contributed by atoms with van der Waals surface area (Å²) in [6, 6.07) is 10.0. The second kappa shape index (κ2) is 3.66. The number of para-hydroxylation sites is 1. The first-order valence-corrected chi connectivity index (χ1v) is 4.73. The van der Waals surface area contributed by atoms with Crippen LogP contribution in [0.4, 0.5) is 0 Å². The summed E-state index contributed by atoms with van der Waals surface area (Å²) < 4.78 is 1.85. The topological polar surface area (TPSA) is 17.8 Å². The van der Waals surface area contributed by atoms with Crippen LogP contribution in [0.3, 0.4) is 0 Å². The van der Waals surface area contributed by atoms with Crippen LogP contribution in [0.1, 0.15) is 5.56 Å². The van der Waals surface area contributed by atoms with Crippen molar-refractivity contribution < 1.29 is 0 Å². The molecule has 0 saturated carbocycles. The highest BCUT2D eigenvalue weighted by Crippen LogP contribution is 2.08. The summed E-state index contributed by atoms with van der Waals surface area (Å²) in [5.41, 5.74) is 2.21. The molecule has 0 aliphatic rings. The van der Waals surface area contributed by atoms with Crippen molar-refractivity contribution in [2.45, 2.75) is 5.75 Å². The van der Waals surface area contributed by atoms with Crippen LogP contribution in [0.2, 0.25) is 0 Å². The highest BCUT2D eigenvalue weighted by molar-refractivity contribution is 7.79. The monoisotopic (exact) mass is 190 g/mol. The van der Waals surface area contributed by atoms with E-state index in [0.717, 1.165) is 17.0 Å². The first-order valence-electron chi connectivity index (χ1n) is 4.10. The summed E-state index contributed by atoms with van der Waals surface area (Å²) in [6.07, 6.45) is 3.82. The van der Waals surface area contributed by atoms with Crippen molar-refractivity contribution in [1.29, 1.82) is 0 Å². The van der Waals surface area contributed by atoms with Crippen LogP contribution in [-0.2, 0) is 5.75 Å². The van der Waals surface area contributed by atoms with Gasteiger partial charge in [0.05, 0.1) is 11.9 Å². The molecule has 13 heavy (non-hydrogen) atoms. The first-order chi connectivity index (χ1) is 6.40. The summed E-state index contributed by atoms with van der Waals surface area (Å²) in [5.74, 6) is 0.729. The van der Waals surface area contributed by atoms with E-state index in [0.29, 0.717) is 0 Å². The summed E-state index contributed by atoms with van der Waals surface area (Å²) >= 11 is 4.18. The lowest BCUT2D eigenvalue weighted by molar-refractivity contribution is 0.880. The molecule has 0 atom stereocenters. The lowest BCUT2D eigenvalue weighted by Gasteiger charge is -1.98. The van der Waals surface area contributed by atoms with E-state index in [1.54, 1.807) is 0 Å². The molecule has 0 N–H and O–H groups in total. The molecular formula is C10H10N2S. The fourth-order valence-corrected chi connectivity index (χ4v) is 1.33. The molecule has 0 radical (unpaired) electrons. The lowest BCUT2D eigenvalue weighted by Crippen LogP contribution is -1.92. The molecule has 0 aliphatic heterocycles. The first kappa shape index (κ1) is 8.38. The van der Waals surface area contributed by atoms with Crippen molar-refractivity contribution in [1.82, 2.24) is 9.78 Å². The summed E-state index contributed by atoms with van der Waals surface area (Å²) in [4.78, 5) is 0. The van der Waals surface area contributed by atoms with E-state index in [9.17, 15) is 0 Å². The van der Waals surface area contributed by atoms with Gasteiger partial charge in [0.15, 0.2) is 0 Å². The van der Waals surface area contributed by atoms with Crippen molar-refractivity contribution >= 4 is 12.6 Å². The molecule has 2 nitrogen and oxygen atoms in total. The number of hydrogen-bond acceptors (Lipinski definition) is 2. The van der Waals surface area contributed by atoms with Crippen LogP contribution < -0.4 is 0 Å². The Balaban J connectivity index is 2.36. The predicted molar refractivity (Wildman–Crippen MR) is 56.3 cm³/mol. The summed E-state index contributed by atoms with van der Waals surface area (Å²) in [7, 11) is 0. The molecule has 0 bridgehead atoms. The van der Waals surface area contributed by atoms with E-state index in [2.05, 4.69) is 17.7 Å². The van der Waals surface area contributed by atoms with E-state index in [1.807, 2.05) is 47.4 Å². The van der Waals surface area contributed by atoms with Gasteiger partial charge in [-0.15, -0.1) is 0 Å². The molecule has 0 amide bonds. The highest BCUT2D eigenvalue weighted by atomic mass is 32.1. The Morgan fingerprint density at radius 1 is 1.23 bits per heavy atom. The molecule has 3 heteroatoms. The molecule has 0 fully saturated rings. The Hall–Kier alpha value is -1.22. The van der Waals surface area contributed by atoms with Gasteiger partial charge in [0.2, 0.25) is 0 Å². The molecule has 66 valence electrons. The molecule has 2 aromatic rings. The average molecular weight is 190 g/mol. The number of hydrogen-bond donors (Lipinski definition) is 1. The lowest BCUT2D eigenvalue weighted by atomic mass is 10.3. The third-order valence-corrected chi connectivity index (χ3v) is 2.20. The molecule has 1 aromatic heterocycles. The van der Waals surface area contributed by atoms with Gasteiger partial charge in [0.25, 0.3) is 0 Å². The van der Waals surface area contributed by atoms with Crippen LogP contribution in [-0.4, -0.2) is 9.78 Å². The minimum atomic E-state index is 0.729. The minimum Gasteiger partial charge on any atom is -0.241 e. The smallest absolute Gasteiger partial charge is 0.0645 e. The Labute approximate surface area is 82.6 Å². The number of benzene rings is 1. The van der Waals surface area contributed by atoms with E-state index < -0.39 is 0 Å². The number of aromatic nitrogens is 2. The molecular weight excluding hydrogens is 180 g/mol. The number of rotatable bonds is 2. The van der Waals surface area contributed by atoms with Crippen molar-refractivity contribution in [3.8, 4) is 5.69 Å². The van der Waals surface area contributed by atoms with Gasteiger partial charge in [-0.3, -0.25) is 0 Å². The number of thiol groups is 1. The molecule has 0 unspecified atom stereocenters. The Morgan fingerprint density at radius 3 is 2.62 bits per heavy atom. The third-order valence-electron chi connectivity index (χ3n) is 1.84. The van der Waals surface area contributed by atoms with Crippen LogP contribution in [0, 0.1) is 0 Å². The highest BCUT2D eigenvalue weighted by Gasteiger charge is 1.97. The van der Waals surface area contributed by atoms with Gasteiger partial charge in [-0.2, -0.15) is 17.7 Å². The second-order valence-electron chi connectivity index (χ2n) is 2.79. The molecule has 2 rings (SSSR count). The zero-order valence-electron chi connectivity index (χ0n) is 7.09. The van der Waals surface area contributed by atoms with Gasteiger partial charge in [0.1, 0.15) is 0 Å². The van der Waals surface area contributed by atoms with Gasteiger partial charge in [-0.1, -0.05) is 18.2 Å². The Morgan fingerprint density at radius 2 is 2.00 bits per heavy atom. The summed E-state index contributed by atoms with van der Waals surface area (Å²) in [6.45, 7) is 0. The Kier molecular flexibility index (Phi) is 2.36. The minimum absolute atomic E-state index is 0.729. The fourth-order valence-electron chi connectivity index (χ4n) is 1.16. The van der Waals surface area contributed by atoms with Gasteiger partial charge in [-0.05, 0) is 12.1 Å². The Bertz CT molecular complexity index is 381. The average Bonchev–Trinajstić information content (AvgIpc) is 2.67. The zero-order chi connectivity index (χ0) is 9.10. The second-order valence-corrected chi connectivity index (χ2v) is 3.10. The maximum absolute atomic E-state index is 4.23. The SMILES string of the molecule is SCc1cnn(-c2ccccc2)c1. The normalized spacial score (nSPS) is 10.2. The maximum atomic E-state index is 4.23. The van der Waals surface area contributed by atoms with Gasteiger partial charge in [0, 0.05) is 17.5 Å². The molecule has 0 aliphatic carbocycles. The van der Waals surface area contributed by atoms with E-state index in [1.165, 1.54) is 0 Å². The zero-order valence-corrected chi connectivity index (χ0v) is 7.98. The van der Waals surface area contributed by atoms with Crippen molar-refractivity contribution in [3.05, 3.63) is 48.3 Å². The van der Waals surface area contributed by atoms with Crippen LogP contribution in [0.15, 0.2) is 42.7 Å². The molecule has 0 spiro atoms. The van der Waals surface area contributed by atoms with Crippen molar-refractivity contribution in [3.63, 3.8) is 0 Å². The third kappa shape index (κ3) is 1.75. The molecule has 1 aromatic carbocycles. The van der Waals surface area contributed by atoms with Crippen molar-refractivity contribution in [2.75, 3.05) is 0 Å². The quantitative estimate of drug-likeness (QED) is 0.719. The number of nitrogens with zero attached hydrogens (tertiary/aromatic N) is 2. The van der Waals surface area contributed by atoms with E-state index >= 15 is 0 Å². The van der Waals surface area contributed by atoms with Crippen LogP contribution in [0.25, 0.3) is 5.69 Å². The summed E-state index contributed by atoms with van der Waals surface area (Å²) in [5, 5.41) is 4.23. The van der Waals surface area contributed by atoms with Crippen molar-refractivity contribution in [2.24, 2.45) is 0 Å². The van der Waals surface area contributed by atoms with Gasteiger partial charge >= 0.3 is 0 Å². The largest absolute Gasteiger partial charge is 0.241 e. The fraction of sp³-hybridized carbons (Fsp3) is 0.100. The molecule has 1 heterocycles. The van der Waals surface area contributed by atoms with E-state index in [4.69, 9.17) is 0 Å². The molecule has 0 saturated heterocycles. The van der Waals surface area contributed by atoms with Crippen LogP contribution >= 0.6 is 12.6 Å². The maximum Gasteiger partial charge on any atom is 0.0645 e. The predicted octanol–water partition coefficient (Wildman–Crippen LogP) is 2.30. The van der Waals surface area contributed by atoms with Gasteiger partial charge < -0.3 is 0 Å². The van der Waals surface area contributed by atoms with Crippen LogP contribution in [0.5, 0.6) is 0 Å². The van der Waals surface area contributed by atoms with E-state index in [-0.39, 0.29) is 0 Å². The standard InChI is InChI=1S/C10H10N2S/c13-8-9-6-11-12(7-9)10-4-2-1-3-5-10/h1-7,13H,8H2.